The highest BCUT2D eigenvalue weighted by atomic mass is 32.2. The van der Waals surface area contributed by atoms with Gasteiger partial charge in [-0.15, -0.1) is 0 Å². The number of carbonyl (C=O) groups excluding carboxylic acids is 1. The number of aromatic hydroxyl groups is 1. The summed E-state index contributed by atoms with van der Waals surface area (Å²) in [5, 5.41) is 12.1. The maximum atomic E-state index is 12.4. The number of rotatable bonds is 5. The van der Waals surface area contributed by atoms with E-state index in [-0.39, 0.29) is 23.1 Å². The fourth-order valence-corrected chi connectivity index (χ4v) is 3.96. The Morgan fingerprint density at radius 2 is 1.67 bits per heavy atom. The minimum absolute atomic E-state index is 0.121. The largest absolute Gasteiger partial charge is 0.508 e. The van der Waals surface area contributed by atoms with E-state index in [1.54, 1.807) is 30.3 Å². The van der Waals surface area contributed by atoms with E-state index in [0.717, 1.165) is 38.1 Å². The second-order valence-corrected chi connectivity index (χ2v) is 8.58. The molecular formula is C19H23N3O4S. The number of piperazine rings is 1. The third kappa shape index (κ3) is 4.99. The molecule has 27 heavy (non-hydrogen) atoms. The van der Waals surface area contributed by atoms with Crippen LogP contribution < -0.4 is 10.2 Å². The van der Waals surface area contributed by atoms with Gasteiger partial charge in [0, 0.05) is 38.1 Å². The van der Waals surface area contributed by atoms with Crippen molar-refractivity contribution < 1.29 is 18.3 Å². The van der Waals surface area contributed by atoms with Crippen LogP contribution in [-0.2, 0) is 14.6 Å². The van der Waals surface area contributed by atoms with Crippen molar-refractivity contribution in [2.24, 2.45) is 0 Å². The van der Waals surface area contributed by atoms with E-state index < -0.39 is 9.84 Å². The number of amides is 1. The molecule has 1 heterocycles. The summed E-state index contributed by atoms with van der Waals surface area (Å²) in [6.07, 6.45) is 1.13. The van der Waals surface area contributed by atoms with Crippen molar-refractivity contribution in [1.82, 2.24) is 4.90 Å². The molecule has 1 aliphatic heterocycles. The van der Waals surface area contributed by atoms with Crippen LogP contribution in [0.25, 0.3) is 0 Å². The normalized spacial score (nSPS) is 15.5. The minimum Gasteiger partial charge on any atom is -0.508 e. The van der Waals surface area contributed by atoms with E-state index in [1.807, 2.05) is 17.0 Å². The predicted molar refractivity (Wildman–Crippen MR) is 105 cm³/mol. The van der Waals surface area contributed by atoms with Gasteiger partial charge in [0.2, 0.25) is 5.91 Å². The molecule has 0 atom stereocenters. The lowest BCUT2D eigenvalue weighted by Gasteiger charge is -2.35. The highest BCUT2D eigenvalue weighted by Crippen LogP contribution is 2.21. The summed E-state index contributed by atoms with van der Waals surface area (Å²) in [6.45, 7) is 3.21. The number of sulfone groups is 1. The first-order valence-electron chi connectivity index (χ1n) is 8.68. The Morgan fingerprint density at radius 3 is 2.30 bits per heavy atom. The van der Waals surface area contributed by atoms with Gasteiger partial charge in [-0.05, 0) is 36.4 Å². The molecule has 0 aliphatic carbocycles. The Labute approximate surface area is 159 Å². The van der Waals surface area contributed by atoms with Crippen LogP contribution in [0.4, 0.5) is 11.4 Å². The lowest BCUT2D eigenvalue weighted by molar-refractivity contribution is -0.117. The van der Waals surface area contributed by atoms with Gasteiger partial charge in [-0.3, -0.25) is 9.69 Å². The quantitative estimate of drug-likeness (QED) is 0.807. The van der Waals surface area contributed by atoms with Gasteiger partial charge in [0.15, 0.2) is 9.84 Å². The van der Waals surface area contributed by atoms with Crippen LogP contribution in [0.3, 0.4) is 0 Å². The van der Waals surface area contributed by atoms with E-state index in [2.05, 4.69) is 10.2 Å². The molecule has 144 valence electrons. The number of hydrogen-bond donors (Lipinski definition) is 2. The molecule has 1 saturated heterocycles. The Morgan fingerprint density at radius 1 is 1.04 bits per heavy atom. The Balaban J connectivity index is 1.55. The van der Waals surface area contributed by atoms with Crippen molar-refractivity contribution in [1.29, 1.82) is 0 Å². The molecule has 2 aromatic carbocycles. The molecule has 0 unspecified atom stereocenters. The van der Waals surface area contributed by atoms with Gasteiger partial charge in [0.25, 0.3) is 0 Å². The lowest BCUT2D eigenvalue weighted by Crippen LogP contribution is -2.48. The van der Waals surface area contributed by atoms with Crippen molar-refractivity contribution in [3.8, 4) is 5.75 Å². The van der Waals surface area contributed by atoms with Crippen LogP contribution in [0, 0.1) is 0 Å². The van der Waals surface area contributed by atoms with Crippen LogP contribution in [0.5, 0.6) is 5.75 Å². The van der Waals surface area contributed by atoms with Gasteiger partial charge < -0.3 is 15.3 Å². The highest BCUT2D eigenvalue weighted by Gasteiger charge is 2.20. The molecule has 0 saturated carbocycles. The fraction of sp³-hybridized carbons (Fsp3) is 0.316. The summed E-state index contributed by atoms with van der Waals surface area (Å²) < 4.78 is 23.7. The number of benzene rings is 2. The SMILES string of the molecule is CS(=O)(=O)c1ccccc1NC(=O)CN1CCN(c2ccc(O)cc2)CC1. The summed E-state index contributed by atoms with van der Waals surface area (Å²) in [4.78, 5) is 16.7. The topological polar surface area (TPSA) is 90.0 Å². The number of phenolic OH excluding ortho intramolecular Hbond substituents is 1. The fourth-order valence-electron chi connectivity index (χ4n) is 3.11. The van der Waals surface area contributed by atoms with Crippen molar-refractivity contribution in [2.75, 3.05) is 49.2 Å². The third-order valence-electron chi connectivity index (χ3n) is 4.51. The molecule has 2 aromatic rings. The maximum absolute atomic E-state index is 12.4. The smallest absolute Gasteiger partial charge is 0.238 e. The van der Waals surface area contributed by atoms with Crippen LogP contribution >= 0.6 is 0 Å². The number of nitrogens with zero attached hydrogens (tertiary/aromatic N) is 2. The molecule has 8 heteroatoms. The number of para-hydroxylation sites is 1. The van der Waals surface area contributed by atoms with Gasteiger partial charge in [-0.1, -0.05) is 12.1 Å². The Kier molecular flexibility index (Phi) is 5.67. The second kappa shape index (κ2) is 7.98. The molecule has 0 spiro atoms. The number of carbonyl (C=O) groups is 1. The maximum Gasteiger partial charge on any atom is 0.238 e. The zero-order chi connectivity index (χ0) is 19.4. The third-order valence-corrected chi connectivity index (χ3v) is 5.67. The summed E-state index contributed by atoms with van der Waals surface area (Å²) in [5.74, 6) is 0.00705. The summed E-state index contributed by atoms with van der Waals surface area (Å²) in [5.41, 5.74) is 1.35. The molecule has 3 rings (SSSR count). The molecule has 1 amide bonds. The monoisotopic (exact) mass is 389 g/mol. The van der Waals surface area contributed by atoms with Gasteiger partial charge in [0.1, 0.15) is 5.75 Å². The number of nitrogens with one attached hydrogen (secondary N) is 1. The second-order valence-electron chi connectivity index (χ2n) is 6.60. The van der Waals surface area contributed by atoms with E-state index >= 15 is 0 Å². The summed E-state index contributed by atoms with van der Waals surface area (Å²) in [7, 11) is -3.41. The first-order valence-corrected chi connectivity index (χ1v) is 10.6. The van der Waals surface area contributed by atoms with Gasteiger partial charge in [-0.2, -0.15) is 0 Å². The average molecular weight is 389 g/mol. The molecule has 1 fully saturated rings. The molecule has 1 aliphatic rings. The standard InChI is InChI=1S/C19H23N3O4S/c1-27(25,26)18-5-3-2-4-17(18)20-19(24)14-21-10-12-22(13-11-21)15-6-8-16(23)9-7-15/h2-9,23H,10-14H2,1H3,(H,20,24). The van der Waals surface area contributed by atoms with Gasteiger partial charge in [0.05, 0.1) is 17.1 Å². The Hall–Kier alpha value is -2.58. The van der Waals surface area contributed by atoms with Crippen molar-refractivity contribution in [3.63, 3.8) is 0 Å². The molecule has 0 aromatic heterocycles. The molecule has 0 bridgehead atoms. The Bertz CT molecular complexity index is 905. The number of hydrogen-bond acceptors (Lipinski definition) is 6. The van der Waals surface area contributed by atoms with Gasteiger partial charge in [-0.25, -0.2) is 8.42 Å². The van der Waals surface area contributed by atoms with Crippen LogP contribution in [0.1, 0.15) is 0 Å². The average Bonchev–Trinajstić information content (AvgIpc) is 2.62. The van der Waals surface area contributed by atoms with Crippen LogP contribution in [0.2, 0.25) is 0 Å². The van der Waals surface area contributed by atoms with Crippen LogP contribution in [-0.4, -0.2) is 63.3 Å². The first kappa shape index (κ1) is 19.2. The van der Waals surface area contributed by atoms with Crippen molar-refractivity contribution in [2.45, 2.75) is 4.90 Å². The summed E-state index contributed by atoms with van der Waals surface area (Å²) >= 11 is 0. The lowest BCUT2D eigenvalue weighted by atomic mass is 10.2. The zero-order valence-electron chi connectivity index (χ0n) is 15.1. The van der Waals surface area contributed by atoms with E-state index in [1.165, 1.54) is 6.07 Å². The summed E-state index contributed by atoms with van der Waals surface area (Å²) in [6, 6.07) is 13.5. The molecular weight excluding hydrogens is 366 g/mol. The minimum atomic E-state index is -3.41. The molecule has 2 N–H and O–H groups in total. The number of phenols is 1. The van der Waals surface area contributed by atoms with Crippen molar-refractivity contribution >= 4 is 27.1 Å². The number of anilines is 2. The first-order chi connectivity index (χ1) is 12.8. The highest BCUT2D eigenvalue weighted by molar-refractivity contribution is 7.90. The predicted octanol–water partition coefficient (Wildman–Crippen LogP) is 1.56. The zero-order valence-corrected chi connectivity index (χ0v) is 15.9. The van der Waals surface area contributed by atoms with Crippen LogP contribution in [0.15, 0.2) is 53.4 Å². The van der Waals surface area contributed by atoms with Crippen molar-refractivity contribution in [3.05, 3.63) is 48.5 Å². The molecule has 7 nitrogen and oxygen atoms in total. The van der Waals surface area contributed by atoms with E-state index in [0.29, 0.717) is 5.69 Å². The van der Waals surface area contributed by atoms with Gasteiger partial charge >= 0.3 is 0 Å². The van der Waals surface area contributed by atoms with E-state index in [9.17, 15) is 18.3 Å². The van der Waals surface area contributed by atoms with E-state index in [4.69, 9.17) is 0 Å². The molecule has 0 radical (unpaired) electrons.